The van der Waals surface area contributed by atoms with E-state index in [1.807, 2.05) is 24.3 Å². The Balaban J connectivity index is 1.78. The van der Waals surface area contributed by atoms with Crippen molar-refractivity contribution >= 4 is 29.2 Å². The molecular weight excluding hydrogens is 409 g/mol. The van der Waals surface area contributed by atoms with Crippen LogP contribution in [0.25, 0.3) is 0 Å². The molecule has 0 spiro atoms. The fraction of sp³-hybridized carbons (Fsp3) is 0.300. The first-order chi connectivity index (χ1) is 13.7. The molecule has 0 fully saturated rings. The van der Waals surface area contributed by atoms with Crippen LogP contribution in [-0.4, -0.2) is 36.5 Å². The summed E-state index contributed by atoms with van der Waals surface area (Å²) in [7, 11) is 1.27. The van der Waals surface area contributed by atoms with Crippen LogP contribution in [0.2, 0.25) is 5.02 Å². The number of rotatable bonds is 4. The van der Waals surface area contributed by atoms with Crippen molar-refractivity contribution in [2.75, 3.05) is 19.0 Å². The number of fused-ring (bicyclic) bond motifs is 1. The monoisotopic (exact) mass is 426 g/mol. The molecule has 29 heavy (non-hydrogen) atoms. The first-order valence-corrected chi connectivity index (χ1v) is 9.12. The second kappa shape index (κ2) is 8.42. The van der Waals surface area contributed by atoms with Gasteiger partial charge in [0.1, 0.15) is 6.04 Å². The number of nitrogens with zero attached hydrogens (tertiary/aromatic N) is 1. The number of halogens is 4. The zero-order valence-electron chi connectivity index (χ0n) is 15.4. The number of esters is 1. The molecule has 154 valence electrons. The minimum absolute atomic E-state index is 0.0140. The summed E-state index contributed by atoms with van der Waals surface area (Å²) in [6, 6.07) is 9.56. The number of benzene rings is 2. The average Bonchev–Trinajstić information content (AvgIpc) is 2.67. The second-order valence-corrected chi connectivity index (χ2v) is 7.06. The molecule has 1 aliphatic rings. The van der Waals surface area contributed by atoms with Gasteiger partial charge in [-0.15, -0.1) is 0 Å². The van der Waals surface area contributed by atoms with Crippen LogP contribution < -0.4 is 5.32 Å². The lowest BCUT2D eigenvalue weighted by atomic mass is 9.94. The van der Waals surface area contributed by atoms with Gasteiger partial charge < -0.3 is 10.1 Å². The van der Waals surface area contributed by atoms with Crippen LogP contribution in [0.1, 0.15) is 16.7 Å². The van der Waals surface area contributed by atoms with Crippen molar-refractivity contribution in [1.29, 1.82) is 0 Å². The highest BCUT2D eigenvalue weighted by molar-refractivity contribution is 6.33. The van der Waals surface area contributed by atoms with Crippen LogP contribution in [0.5, 0.6) is 0 Å². The highest BCUT2D eigenvalue weighted by Gasteiger charge is 2.34. The zero-order chi connectivity index (χ0) is 21.2. The van der Waals surface area contributed by atoms with Crippen molar-refractivity contribution in [2.45, 2.75) is 25.2 Å². The lowest BCUT2D eigenvalue weighted by Crippen LogP contribution is -2.49. The minimum atomic E-state index is -4.56. The Morgan fingerprint density at radius 2 is 1.90 bits per heavy atom. The predicted octanol–water partition coefficient (Wildman–Crippen LogP) is 3.90. The Hall–Kier alpha value is -2.58. The fourth-order valence-corrected chi connectivity index (χ4v) is 3.45. The largest absolute Gasteiger partial charge is 0.468 e. The smallest absolute Gasteiger partial charge is 0.416 e. The third-order valence-electron chi connectivity index (χ3n) is 4.73. The van der Waals surface area contributed by atoms with Crippen LogP contribution in [0.3, 0.4) is 0 Å². The molecule has 1 heterocycles. The van der Waals surface area contributed by atoms with Gasteiger partial charge in [-0.1, -0.05) is 35.9 Å². The first kappa shape index (κ1) is 21.1. The molecular formula is C20H18ClF3N2O3. The van der Waals surface area contributed by atoms with Crippen molar-refractivity contribution in [2.24, 2.45) is 0 Å². The average molecular weight is 427 g/mol. The van der Waals surface area contributed by atoms with E-state index in [1.165, 1.54) is 7.11 Å². The maximum atomic E-state index is 12.9. The summed E-state index contributed by atoms with van der Waals surface area (Å²) >= 11 is 5.93. The molecule has 0 bridgehead atoms. The summed E-state index contributed by atoms with van der Waals surface area (Å²) in [6.45, 7) is 0.125. The number of ether oxygens (including phenoxy) is 1. The summed E-state index contributed by atoms with van der Waals surface area (Å²) < 4.78 is 43.6. The molecule has 2 aromatic carbocycles. The van der Waals surface area contributed by atoms with Gasteiger partial charge in [0.25, 0.3) is 0 Å². The zero-order valence-corrected chi connectivity index (χ0v) is 16.2. The van der Waals surface area contributed by atoms with Gasteiger partial charge >= 0.3 is 12.1 Å². The maximum absolute atomic E-state index is 12.9. The van der Waals surface area contributed by atoms with Gasteiger partial charge in [-0.25, -0.2) is 0 Å². The molecule has 0 saturated heterocycles. The molecule has 5 nitrogen and oxygen atoms in total. The highest BCUT2D eigenvalue weighted by Crippen LogP contribution is 2.34. The molecule has 0 saturated carbocycles. The topological polar surface area (TPSA) is 58.6 Å². The van der Waals surface area contributed by atoms with E-state index in [0.717, 1.165) is 29.3 Å². The quantitative estimate of drug-likeness (QED) is 0.753. The summed E-state index contributed by atoms with van der Waals surface area (Å²) in [6.07, 6.45) is -4.18. The lowest BCUT2D eigenvalue weighted by Gasteiger charge is -2.34. The number of amides is 1. The molecule has 2 aromatic rings. The molecule has 1 aliphatic heterocycles. The van der Waals surface area contributed by atoms with Crippen molar-refractivity contribution in [1.82, 2.24) is 4.90 Å². The van der Waals surface area contributed by atoms with E-state index in [0.29, 0.717) is 13.0 Å². The Bertz CT molecular complexity index is 933. The molecule has 1 atom stereocenters. The molecule has 1 unspecified atom stereocenters. The van der Waals surface area contributed by atoms with Gasteiger partial charge in [-0.05, 0) is 35.7 Å². The number of anilines is 1. The number of alkyl halides is 3. The number of nitrogens with one attached hydrogen (secondary N) is 1. The van der Waals surface area contributed by atoms with E-state index in [1.54, 1.807) is 4.90 Å². The van der Waals surface area contributed by atoms with E-state index in [9.17, 15) is 22.8 Å². The third-order valence-corrected chi connectivity index (χ3v) is 5.06. The number of carbonyl (C=O) groups is 2. The first-order valence-electron chi connectivity index (χ1n) is 8.74. The van der Waals surface area contributed by atoms with E-state index < -0.39 is 29.7 Å². The van der Waals surface area contributed by atoms with Crippen LogP contribution in [0, 0.1) is 0 Å². The minimum Gasteiger partial charge on any atom is -0.468 e. The summed E-state index contributed by atoms with van der Waals surface area (Å²) in [5.41, 5.74) is 0.896. The molecule has 9 heteroatoms. The summed E-state index contributed by atoms with van der Waals surface area (Å²) in [5.74, 6) is -1.07. The van der Waals surface area contributed by atoms with Crippen molar-refractivity contribution in [3.8, 4) is 0 Å². The molecule has 0 aromatic heterocycles. The second-order valence-electron chi connectivity index (χ2n) is 6.66. The van der Waals surface area contributed by atoms with Crippen molar-refractivity contribution in [3.63, 3.8) is 0 Å². The van der Waals surface area contributed by atoms with Gasteiger partial charge in [0.2, 0.25) is 5.91 Å². The van der Waals surface area contributed by atoms with Gasteiger partial charge in [0.15, 0.2) is 0 Å². The Labute approximate surface area is 170 Å². The van der Waals surface area contributed by atoms with Crippen LogP contribution in [-0.2, 0) is 33.5 Å². The summed E-state index contributed by atoms with van der Waals surface area (Å²) in [5, 5.41) is 2.39. The lowest BCUT2D eigenvalue weighted by molar-refractivity contribution is -0.148. The van der Waals surface area contributed by atoms with Gasteiger partial charge in [0.05, 0.1) is 29.9 Å². The number of hydrogen-bond acceptors (Lipinski definition) is 4. The number of methoxy groups -OCH3 is 1. The molecule has 0 aliphatic carbocycles. The van der Waals surface area contributed by atoms with Gasteiger partial charge in [0, 0.05) is 6.54 Å². The van der Waals surface area contributed by atoms with Gasteiger partial charge in [-0.2, -0.15) is 13.2 Å². The number of hydrogen-bond donors (Lipinski definition) is 1. The van der Waals surface area contributed by atoms with E-state index in [2.05, 4.69) is 5.32 Å². The molecule has 1 N–H and O–H groups in total. The van der Waals surface area contributed by atoms with E-state index >= 15 is 0 Å². The highest BCUT2D eigenvalue weighted by atomic mass is 35.5. The standard InChI is InChI=1S/C20H18ClF3N2O3/c1-29-19(28)17-8-12-4-2-3-5-13(12)10-26(17)11-18(27)25-16-9-14(20(22,23)24)6-7-15(16)21/h2-7,9,17H,8,10-11H2,1H3,(H,25,27). The molecule has 0 radical (unpaired) electrons. The van der Waals surface area contributed by atoms with E-state index in [4.69, 9.17) is 16.3 Å². The summed E-state index contributed by atoms with van der Waals surface area (Å²) in [4.78, 5) is 26.3. The SMILES string of the molecule is COC(=O)C1Cc2ccccc2CN1CC(=O)Nc1cc(C(F)(F)F)ccc1Cl. The predicted molar refractivity (Wildman–Crippen MR) is 101 cm³/mol. The maximum Gasteiger partial charge on any atom is 0.416 e. The van der Waals surface area contributed by atoms with Crippen molar-refractivity contribution < 1.29 is 27.5 Å². The van der Waals surface area contributed by atoms with Crippen LogP contribution in [0.4, 0.5) is 18.9 Å². The van der Waals surface area contributed by atoms with Crippen LogP contribution >= 0.6 is 11.6 Å². The molecule has 3 rings (SSSR count). The Kier molecular flexibility index (Phi) is 6.14. The number of carbonyl (C=O) groups excluding carboxylic acids is 2. The normalized spacial score (nSPS) is 16.8. The van der Waals surface area contributed by atoms with Crippen LogP contribution in [0.15, 0.2) is 42.5 Å². The molecule has 1 amide bonds. The van der Waals surface area contributed by atoms with E-state index in [-0.39, 0.29) is 17.3 Å². The Morgan fingerprint density at radius 3 is 2.55 bits per heavy atom. The third kappa shape index (κ3) is 4.89. The van der Waals surface area contributed by atoms with Gasteiger partial charge in [-0.3, -0.25) is 14.5 Å². The van der Waals surface area contributed by atoms with Crippen molar-refractivity contribution in [3.05, 3.63) is 64.2 Å². The fourth-order valence-electron chi connectivity index (χ4n) is 3.28. The Morgan fingerprint density at radius 1 is 1.21 bits per heavy atom.